The average molecular weight is 473 g/mol. The van der Waals surface area contributed by atoms with Crippen molar-refractivity contribution in [3.63, 3.8) is 0 Å². The molecule has 7 heteroatoms. The third-order valence-electron chi connectivity index (χ3n) is 3.71. The number of carbonyl (C=O) groups excluding carboxylic acids is 1. The van der Waals surface area contributed by atoms with Crippen molar-refractivity contribution in [3.05, 3.63) is 50.5 Å². The first-order valence-corrected chi connectivity index (χ1v) is 9.07. The van der Waals surface area contributed by atoms with Crippen LogP contribution in [-0.4, -0.2) is 31.8 Å². The Bertz CT molecular complexity index is 778. The number of hydrogen-bond acceptors (Lipinski definition) is 5. The smallest absolute Gasteiger partial charge is 0.213 e. The standard InChI is InChI=1S/C18H19Br2NO4/c1-18(2,16-13(20)7-8-15(21-16)24-4)17(22)12-6-5-11(19)9-14(12)25-10-23-3/h5-9H,10H2,1-4H3. The Hall–Kier alpha value is -1.44. The number of halogens is 2. The maximum Gasteiger partial charge on any atom is 0.213 e. The minimum absolute atomic E-state index is 0.0538. The quantitative estimate of drug-likeness (QED) is 0.429. The average Bonchev–Trinajstić information content (AvgIpc) is 2.59. The van der Waals surface area contributed by atoms with Gasteiger partial charge in [0.15, 0.2) is 12.6 Å². The third-order valence-corrected chi connectivity index (χ3v) is 4.84. The Morgan fingerprint density at radius 1 is 1.16 bits per heavy atom. The van der Waals surface area contributed by atoms with Crippen molar-refractivity contribution >= 4 is 37.6 Å². The number of carbonyl (C=O) groups is 1. The summed E-state index contributed by atoms with van der Waals surface area (Å²) in [6.45, 7) is 3.70. The lowest BCUT2D eigenvalue weighted by Crippen LogP contribution is -2.31. The molecule has 0 spiro atoms. The van der Waals surface area contributed by atoms with Gasteiger partial charge in [0.2, 0.25) is 5.88 Å². The number of benzene rings is 1. The van der Waals surface area contributed by atoms with Crippen molar-refractivity contribution in [2.24, 2.45) is 0 Å². The maximum atomic E-state index is 13.3. The second kappa shape index (κ2) is 8.29. The SMILES string of the molecule is COCOc1cc(Br)ccc1C(=O)C(C)(C)c1nc(OC)ccc1Br. The zero-order valence-corrected chi connectivity index (χ0v) is 17.6. The predicted molar refractivity (Wildman–Crippen MR) is 102 cm³/mol. The topological polar surface area (TPSA) is 57.7 Å². The number of aromatic nitrogens is 1. The van der Waals surface area contributed by atoms with Crippen molar-refractivity contribution in [1.29, 1.82) is 0 Å². The Morgan fingerprint density at radius 2 is 1.88 bits per heavy atom. The zero-order valence-electron chi connectivity index (χ0n) is 14.4. The number of ether oxygens (including phenoxy) is 3. The van der Waals surface area contributed by atoms with Crippen LogP contribution < -0.4 is 9.47 Å². The highest BCUT2D eigenvalue weighted by Crippen LogP contribution is 2.36. The molecule has 0 amide bonds. The van der Waals surface area contributed by atoms with Gasteiger partial charge < -0.3 is 14.2 Å². The van der Waals surface area contributed by atoms with Gasteiger partial charge in [0.25, 0.3) is 0 Å². The molecule has 0 aliphatic rings. The zero-order chi connectivity index (χ0) is 18.6. The number of ketones is 1. The fourth-order valence-corrected chi connectivity index (χ4v) is 3.40. The summed E-state index contributed by atoms with van der Waals surface area (Å²) in [6.07, 6.45) is 0. The van der Waals surface area contributed by atoms with Gasteiger partial charge in [-0.05, 0) is 54.0 Å². The molecule has 0 aliphatic carbocycles. The molecule has 5 nitrogen and oxygen atoms in total. The van der Waals surface area contributed by atoms with Gasteiger partial charge in [0, 0.05) is 22.1 Å². The number of hydrogen-bond donors (Lipinski definition) is 0. The largest absolute Gasteiger partial charge is 0.481 e. The number of Topliss-reactive ketones (excluding diaryl/α,β-unsaturated/α-hetero) is 1. The molecule has 2 rings (SSSR count). The molecule has 0 fully saturated rings. The number of rotatable bonds is 7. The minimum Gasteiger partial charge on any atom is -0.481 e. The van der Waals surface area contributed by atoms with Gasteiger partial charge in [-0.3, -0.25) is 4.79 Å². The Labute approximate surface area is 163 Å². The van der Waals surface area contributed by atoms with Gasteiger partial charge >= 0.3 is 0 Å². The minimum atomic E-state index is -0.896. The molecular formula is C18H19Br2NO4. The molecule has 25 heavy (non-hydrogen) atoms. The van der Waals surface area contributed by atoms with Crippen LogP contribution in [0.25, 0.3) is 0 Å². The third kappa shape index (κ3) is 4.40. The van der Waals surface area contributed by atoms with Crippen LogP contribution in [0, 0.1) is 0 Å². The first kappa shape index (κ1) is 19.9. The summed E-state index contributed by atoms with van der Waals surface area (Å²) in [5.74, 6) is 0.784. The predicted octanol–water partition coefficient (Wildman–Crippen LogP) is 4.76. The van der Waals surface area contributed by atoms with Gasteiger partial charge in [-0.1, -0.05) is 15.9 Å². The van der Waals surface area contributed by atoms with Crippen LogP contribution in [-0.2, 0) is 10.2 Å². The number of nitrogens with zero attached hydrogens (tertiary/aromatic N) is 1. The Morgan fingerprint density at radius 3 is 2.52 bits per heavy atom. The number of methoxy groups -OCH3 is 2. The first-order chi connectivity index (χ1) is 11.8. The summed E-state index contributed by atoms with van der Waals surface area (Å²) in [7, 11) is 3.07. The van der Waals surface area contributed by atoms with Crippen LogP contribution in [0.15, 0.2) is 39.3 Å². The first-order valence-electron chi connectivity index (χ1n) is 7.48. The van der Waals surface area contributed by atoms with E-state index in [0.717, 1.165) is 8.95 Å². The molecular weight excluding hydrogens is 454 g/mol. The molecule has 0 saturated heterocycles. The highest BCUT2D eigenvalue weighted by atomic mass is 79.9. The van der Waals surface area contributed by atoms with Gasteiger partial charge in [0.1, 0.15) is 5.75 Å². The molecule has 0 unspecified atom stereocenters. The van der Waals surface area contributed by atoms with E-state index in [0.29, 0.717) is 22.9 Å². The van der Waals surface area contributed by atoms with Crippen molar-refractivity contribution in [3.8, 4) is 11.6 Å². The van der Waals surface area contributed by atoms with E-state index in [1.807, 2.05) is 19.9 Å². The second-order valence-electron chi connectivity index (χ2n) is 5.83. The van der Waals surface area contributed by atoms with E-state index >= 15 is 0 Å². The van der Waals surface area contributed by atoms with Crippen molar-refractivity contribution < 1.29 is 19.0 Å². The van der Waals surface area contributed by atoms with Gasteiger partial charge in [0.05, 0.1) is 23.8 Å². The molecule has 1 aromatic heterocycles. The van der Waals surface area contributed by atoms with Crippen LogP contribution in [0.2, 0.25) is 0 Å². The van der Waals surface area contributed by atoms with Gasteiger partial charge in [-0.15, -0.1) is 0 Å². The summed E-state index contributed by atoms with van der Waals surface area (Å²) in [5, 5.41) is 0. The Kier molecular flexibility index (Phi) is 6.59. The van der Waals surface area contributed by atoms with E-state index in [-0.39, 0.29) is 12.6 Å². The van der Waals surface area contributed by atoms with Crippen LogP contribution in [0.4, 0.5) is 0 Å². The van der Waals surface area contributed by atoms with Crippen molar-refractivity contribution in [2.75, 3.05) is 21.0 Å². The normalized spacial score (nSPS) is 11.3. The van der Waals surface area contributed by atoms with E-state index in [1.165, 1.54) is 7.11 Å². The monoisotopic (exact) mass is 471 g/mol. The molecule has 0 radical (unpaired) electrons. The van der Waals surface area contributed by atoms with Crippen LogP contribution in [0.5, 0.6) is 11.6 Å². The van der Waals surface area contributed by atoms with E-state index in [2.05, 4.69) is 36.8 Å². The van der Waals surface area contributed by atoms with Crippen molar-refractivity contribution in [2.45, 2.75) is 19.3 Å². The molecule has 0 saturated carbocycles. The molecule has 1 aromatic carbocycles. The van der Waals surface area contributed by atoms with Crippen LogP contribution in [0.1, 0.15) is 29.9 Å². The molecule has 0 atom stereocenters. The molecule has 0 N–H and O–H groups in total. The summed E-state index contributed by atoms with van der Waals surface area (Å²) in [5.41, 5.74) is 0.158. The molecule has 0 bridgehead atoms. The highest BCUT2D eigenvalue weighted by molar-refractivity contribution is 9.10. The molecule has 134 valence electrons. The number of pyridine rings is 1. The van der Waals surface area contributed by atoms with E-state index in [1.54, 1.807) is 31.4 Å². The molecule has 0 aliphatic heterocycles. The fraction of sp³-hybridized carbons (Fsp3) is 0.333. The highest BCUT2D eigenvalue weighted by Gasteiger charge is 2.36. The fourth-order valence-electron chi connectivity index (χ4n) is 2.35. The van der Waals surface area contributed by atoms with Crippen LogP contribution in [0.3, 0.4) is 0 Å². The van der Waals surface area contributed by atoms with Gasteiger partial charge in [-0.25, -0.2) is 4.98 Å². The van der Waals surface area contributed by atoms with E-state index < -0.39 is 5.41 Å². The van der Waals surface area contributed by atoms with Crippen molar-refractivity contribution in [1.82, 2.24) is 4.98 Å². The lowest BCUT2D eigenvalue weighted by atomic mass is 9.80. The molecule has 1 heterocycles. The van der Waals surface area contributed by atoms with E-state index in [9.17, 15) is 4.79 Å². The lowest BCUT2D eigenvalue weighted by molar-refractivity contribution is 0.0499. The summed E-state index contributed by atoms with van der Waals surface area (Å²) in [6, 6.07) is 8.83. The van der Waals surface area contributed by atoms with Crippen LogP contribution >= 0.6 is 31.9 Å². The summed E-state index contributed by atoms with van der Waals surface area (Å²) in [4.78, 5) is 17.7. The molecule has 2 aromatic rings. The van der Waals surface area contributed by atoms with Gasteiger partial charge in [-0.2, -0.15) is 0 Å². The second-order valence-corrected chi connectivity index (χ2v) is 7.60. The summed E-state index contributed by atoms with van der Waals surface area (Å²) >= 11 is 6.87. The lowest BCUT2D eigenvalue weighted by Gasteiger charge is -2.25. The van der Waals surface area contributed by atoms with E-state index in [4.69, 9.17) is 14.2 Å². The summed E-state index contributed by atoms with van der Waals surface area (Å²) < 4.78 is 17.3. The maximum absolute atomic E-state index is 13.3. The Balaban J connectivity index is 2.48.